The first-order valence-electron chi connectivity index (χ1n) is 11.2. The maximum Gasteiger partial charge on any atom is 0.405 e. The second-order valence-corrected chi connectivity index (χ2v) is 8.71. The molecule has 34 heavy (non-hydrogen) atoms. The van der Waals surface area contributed by atoms with Gasteiger partial charge in [0.05, 0.1) is 12.1 Å². The van der Waals surface area contributed by atoms with Gasteiger partial charge in [-0.15, -0.1) is 0 Å². The SMILES string of the molecule is O=C(Cc1cn2c(C(=O)NCC3(c4cccnc4)CCCCC3)cccc2n1)NCC(F)(F)F. The number of hydrogen-bond donors (Lipinski definition) is 2. The van der Waals surface area contributed by atoms with Crippen molar-refractivity contribution in [3.63, 3.8) is 0 Å². The lowest BCUT2D eigenvalue weighted by molar-refractivity contribution is -0.138. The topological polar surface area (TPSA) is 88.4 Å². The number of pyridine rings is 2. The van der Waals surface area contributed by atoms with Crippen LogP contribution in [-0.4, -0.2) is 45.4 Å². The van der Waals surface area contributed by atoms with Crippen molar-refractivity contribution in [3.8, 4) is 0 Å². The van der Waals surface area contributed by atoms with Crippen LogP contribution in [0.3, 0.4) is 0 Å². The number of fused-ring (bicyclic) bond motifs is 1. The van der Waals surface area contributed by atoms with Crippen LogP contribution >= 0.6 is 0 Å². The molecule has 0 aliphatic heterocycles. The highest BCUT2D eigenvalue weighted by atomic mass is 19.4. The highest BCUT2D eigenvalue weighted by molar-refractivity contribution is 5.93. The number of aromatic nitrogens is 3. The van der Waals surface area contributed by atoms with Crippen molar-refractivity contribution in [3.05, 3.63) is 65.9 Å². The molecule has 1 aliphatic carbocycles. The van der Waals surface area contributed by atoms with Crippen LogP contribution in [0.15, 0.2) is 48.9 Å². The van der Waals surface area contributed by atoms with Gasteiger partial charge in [-0.05, 0) is 36.6 Å². The van der Waals surface area contributed by atoms with Crippen molar-refractivity contribution >= 4 is 17.5 Å². The van der Waals surface area contributed by atoms with Gasteiger partial charge in [0.25, 0.3) is 5.91 Å². The number of halogens is 3. The molecule has 4 rings (SSSR count). The zero-order valence-electron chi connectivity index (χ0n) is 18.6. The molecule has 10 heteroatoms. The zero-order valence-corrected chi connectivity index (χ0v) is 18.6. The third-order valence-electron chi connectivity index (χ3n) is 6.27. The van der Waals surface area contributed by atoms with E-state index >= 15 is 0 Å². The van der Waals surface area contributed by atoms with Gasteiger partial charge in [0, 0.05) is 30.6 Å². The minimum absolute atomic E-state index is 0.174. The molecule has 1 fully saturated rings. The maximum absolute atomic E-state index is 13.1. The molecule has 0 saturated heterocycles. The Bertz CT molecular complexity index is 1150. The van der Waals surface area contributed by atoms with Gasteiger partial charge in [0.15, 0.2) is 0 Å². The van der Waals surface area contributed by atoms with E-state index in [0.29, 0.717) is 17.9 Å². The molecule has 0 bridgehead atoms. The smallest absolute Gasteiger partial charge is 0.350 e. The summed E-state index contributed by atoms with van der Waals surface area (Å²) in [4.78, 5) is 33.5. The van der Waals surface area contributed by atoms with Gasteiger partial charge >= 0.3 is 6.18 Å². The van der Waals surface area contributed by atoms with E-state index in [-0.39, 0.29) is 23.4 Å². The van der Waals surface area contributed by atoms with E-state index in [0.717, 1.165) is 31.2 Å². The molecule has 1 aliphatic rings. The Balaban J connectivity index is 1.48. The van der Waals surface area contributed by atoms with Crippen molar-refractivity contribution in [1.82, 2.24) is 25.0 Å². The van der Waals surface area contributed by atoms with Crippen molar-refractivity contribution < 1.29 is 22.8 Å². The van der Waals surface area contributed by atoms with E-state index < -0.39 is 18.6 Å². The number of nitrogens with zero attached hydrogens (tertiary/aromatic N) is 3. The lowest BCUT2D eigenvalue weighted by Crippen LogP contribution is -2.42. The van der Waals surface area contributed by atoms with E-state index in [1.54, 1.807) is 28.8 Å². The van der Waals surface area contributed by atoms with Gasteiger partial charge in [-0.1, -0.05) is 31.4 Å². The van der Waals surface area contributed by atoms with Gasteiger partial charge in [-0.25, -0.2) is 4.98 Å². The van der Waals surface area contributed by atoms with Gasteiger partial charge in [-0.3, -0.25) is 19.0 Å². The van der Waals surface area contributed by atoms with Gasteiger partial charge < -0.3 is 10.6 Å². The molecule has 0 aromatic carbocycles. The molecule has 3 aromatic heterocycles. The van der Waals surface area contributed by atoms with E-state index in [2.05, 4.69) is 21.4 Å². The quantitative estimate of drug-likeness (QED) is 0.549. The normalized spacial score (nSPS) is 15.7. The first kappa shape index (κ1) is 23.7. The Morgan fingerprint density at radius 1 is 1.06 bits per heavy atom. The number of nitrogens with one attached hydrogen (secondary N) is 2. The molecule has 0 radical (unpaired) electrons. The van der Waals surface area contributed by atoms with E-state index in [9.17, 15) is 22.8 Å². The molecule has 7 nitrogen and oxygen atoms in total. The minimum atomic E-state index is -4.48. The summed E-state index contributed by atoms with van der Waals surface area (Å²) in [5.41, 5.74) is 1.99. The van der Waals surface area contributed by atoms with Crippen molar-refractivity contribution in [2.45, 2.75) is 50.1 Å². The average Bonchev–Trinajstić information content (AvgIpc) is 3.24. The van der Waals surface area contributed by atoms with E-state index in [4.69, 9.17) is 0 Å². The third kappa shape index (κ3) is 5.55. The van der Waals surface area contributed by atoms with E-state index in [1.165, 1.54) is 12.6 Å². The summed E-state index contributed by atoms with van der Waals surface area (Å²) in [5.74, 6) is -1.08. The standard InChI is InChI=1S/C24H26F3N5O2/c25-24(26,27)16-29-21(33)12-18-14-32-19(7-4-8-20(32)31-18)22(34)30-15-23(9-2-1-3-10-23)17-6-5-11-28-13-17/h4-8,11,13-14H,1-3,9-10,12,15-16H2,(H,29,33)(H,30,34). The number of hydrogen-bond acceptors (Lipinski definition) is 4. The zero-order chi connectivity index (χ0) is 24.2. The van der Waals surface area contributed by atoms with Crippen LogP contribution < -0.4 is 10.6 Å². The molecule has 3 heterocycles. The Morgan fingerprint density at radius 3 is 2.56 bits per heavy atom. The lowest BCUT2D eigenvalue weighted by atomic mass is 9.70. The second-order valence-electron chi connectivity index (χ2n) is 8.71. The Labute approximate surface area is 194 Å². The van der Waals surface area contributed by atoms with Crippen molar-refractivity contribution in [1.29, 1.82) is 0 Å². The van der Waals surface area contributed by atoms with Crippen LogP contribution in [0.2, 0.25) is 0 Å². The molecule has 2 N–H and O–H groups in total. The van der Waals surface area contributed by atoms with E-state index in [1.807, 2.05) is 17.6 Å². The molecule has 180 valence electrons. The monoisotopic (exact) mass is 473 g/mol. The van der Waals surface area contributed by atoms with Crippen LogP contribution in [0.25, 0.3) is 5.65 Å². The molecule has 0 atom stereocenters. The van der Waals surface area contributed by atoms with Crippen LogP contribution in [0, 0.1) is 0 Å². The number of rotatable bonds is 7. The Morgan fingerprint density at radius 2 is 1.85 bits per heavy atom. The fraction of sp³-hybridized carbons (Fsp3) is 0.417. The predicted molar refractivity (Wildman–Crippen MR) is 119 cm³/mol. The summed E-state index contributed by atoms with van der Waals surface area (Å²) in [6.07, 6.45) is 5.58. The summed E-state index contributed by atoms with van der Waals surface area (Å²) >= 11 is 0. The number of carbonyl (C=O) groups excluding carboxylic acids is 2. The van der Waals surface area contributed by atoms with Gasteiger partial charge in [-0.2, -0.15) is 13.2 Å². The third-order valence-corrected chi connectivity index (χ3v) is 6.27. The van der Waals surface area contributed by atoms with Gasteiger partial charge in [0.2, 0.25) is 5.91 Å². The van der Waals surface area contributed by atoms with Crippen molar-refractivity contribution in [2.24, 2.45) is 0 Å². The minimum Gasteiger partial charge on any atom is -0.350 e. The van der Waals surface area contributed by atoms with Crippen molar-refractivity contribution in [2.75, 3.05) is 13.1 Å². The summed E-state index contributed by atoms with van der Waals surface area (Å²) < 4.78 is 38.5. The first-order valence-corrected chi connectivity index (χ1v) is 11.2. The molecule has 2 amide bonds. The number of amides is 2. The number of alkyl halides is 3. The lowest BCUT2D eigenvalue weighted by Gasteiger charge is -2.37. The summed E-state index contributed by atoms with van der Waals surface area (Å²) in [6, 6.07) is 8.97. The molecular formula is C24H26F3N5O2. The first-order chi connectivity index (χ1) is 16.3. The Hall–Kier alpha value is -3.43. The Kier molecular flexibility index (Phi) is 6.85. The highest BCUT2D eigenvalue weighted by Crippen LogP contribution is 2.38. The second kappa shape index (κ2) is 9.82. The molecule has 3 aromatic rings. The number of carbonyl (C=O) groups is 2. The fourth-order valence-electron chi connectivity index (χ4n) is 4.57. The molecule has 1 saturated carbocycles. The molecular weight excluding hydrogens is 447 g/mol. The van der Waals surface area contributed by atoms with Gasteiger partial charge in [0.1, 0.15) is 17.9 Å². The summed E-state index contributed by atoms with van der Waals surface area (Å²) in [7, 11) is 0. The summed E-state index contributed by atoms with van der Waals surface area (Å²) in [6.45, 7) is -0.930. The highest BCUT2D eigenvalue weighted by Gasteiger charge is 2.34. The number of imidazole rings is 1. The van der Waals surface area contributed by atoms with Crippen LogP contribution in [0.1, 0.15) is 53.8 Å². The largest absolute Gasteiger partial charge is 0.405 e. The summed E-state index contributed by atoms with van der Waals surface area (Å²) in [5, 5.41) is 4.90. The van der Waals surface area contributed by atoms with Crippen LogP contribution in [0.4, 0.5) is 13.2 Å². The van der Waals surface area contributed by atoms with Crippen LogP contribution in [0.5, 0.6) is 0 Å². The maximum atomic E-state index is 13.1. The average molecular weight is 473 g/mol. The molecule has 0 unspecified atom stereocenters. The molecule has 0 spiro atoms. The fourth-order valence-corrected chi connectivity index (χ4v) is 4.57. The predicted octanol–water partition coefficient (Wildman–Crippen LogP) is 3.58. The van der Waals surface area contributed by atoms with Crippen LogP contribution in [-0.2, 0) is 16.6 Å².